The third-order valence-corrected chi connectivity index (χ3v) is 4.80. The van der Waals surface area contributed by atoms with E-state index in [1.165, 1.54) is 18.3 Å². The van der Waals surface area contributed by atoms with Gasteiger partial charge in [-0.1, -0.05) is 0 Å². The SMILES string of the molecule is CCOC(=O)c1nc(-c2sccc2C)sc1C(C)=O. The number of hydrogen-bond acceptors (Lipinski definition) is 6. The lowest BCUT2D eigenvalue weighted by atomic mass is 10.3. The molecule has 4 nitrogen and oxygen atoms in total. The van der Waals surface area contributed by atoms with Crippen LogP contribution in [-0.2, 0) is 4.74 Å². The molecule has 0 unspecified atom stereocenters. The van der Waals surface area contributed by atoms with Gasteiger partial charge in [0.1, 0.15) is 9.88 Å². The summed E-state index contributed by atoms with van der Waals surface area (Å²) in [7, 11) is 0. The first-order valence-corrected chi connectivity index (χ1v) is 7.47. The van der Waals surface area contributed by atoms with Crippen molar-refractivity contribution in [3.8, 4) is 9.88 Å². The highest BCUT2D eigenvalue weighted by atomic mass is 32.1. The van der Waals surface area contributed by atoms with E-state index >= 15 is 0 Å². The van der Waals surface area contributed by atoms with Gasteiger partial charge in [0.2, 0.25) is 0 Å². The van der Waals surface area contributed by atoms with Crippen LogP contribution in [0.25, 0.3) is 9.88 Å². The van der Waals surface area contributed by atoms with E-state index in [-0.39, 0.29) is 18.1 Å². The van der Waals surface area contributed by atoms with Crippen LogP contribution >= 0.6 is 22.7 Å². The van der Waals surface area contributed by atoms with Crippen molar-refractivity contribution in [2.45, 2.75) is 20.8 Å². The smallest absolute Gasteiger partial charge is 0.358 e. The summed E-state index contributed by atoms with van der Waals surface area (Å²) in [5.74, 6) is -0.703. The Morgan fingerprint density at radius 1 is 1.42 bits per heavy atom. The number of thiophene rings is 1. The molecule has 100 valence electrons. The molecule has 0 atom stereocenters. The minimum absolute atomic E-state index is 0.127. The summed E-state index contributed by atoms with van der Waals surface area (Å²) in [6.07, 6.45) is 0. The van der Waals surface area contributed by atoms with E-state index in [2.05, 4.69) is 4.98 Å². The van der Waals surface area contributed by atoms with Crippen LogP contribution in [0.3, 0.4) is 0 Å². The number of esters is 1. The predicted octanol–water partition coefficient (Wildman–Crippen LogP) is 3.56. The third-order valence-electron chi connectivity index (χ3n) is 2.47. The van der Waals surface area contributed by atoms with E-state index in [9.17, 15) is 9.59 Å². The second-order valence-electron chi connectivity index (χ2n) is 3.91. The zero-order chi connectivity index (χ0) is 14.0. The number of rotatable bonds is 4. The molecule has 0 aliphatic carbocycles. The Hall–Kier alpha value is -1.53. The number of thiazole rings is 1. The topological polar surface area (TPSA) is 56.3 Å². The van der Waals surface area contributed by atoms with E-state index in [0.29, 0.717) is 9.88 Å². The predicted molar refractivity (Wildman–Crippen MR) is 76.1 cm³/mol. The normalized spacial score (nSPS) is 10.5. The minimum atomic E-state index is -0.538. The van der Waals surface area contributed by atoms with Gasteiger partial charge >= 0.3 is 5.97 Å². The Morgan fingerprint density at radius 2 is 2.16 bits per heavy atom. The summed E-state index contributed by atoms with van der Waals surface area (Å²) < 4.78 is 4.94. The van der Waals surface area contributed by atoms with Gasteiger partial charge in [-0.05, 0) is 30.9 Å². The van der Waals surface area contributed by atoms with Gasteiger partial charge in [0, 0.05) is 6.92 Å². The second kappa shape index (κ2) is 5.63. The molecule has 2 aromatic rings. The third kappa shape index (κ3) is 2.74. The summed E-state index contributed by atoms with van der Waals surface area (Å²) in [6.45, 7) is 5.40. The number of aromatic nitrogens is 1. The van der Waals surface area contributed by atoms with Crippen molar-refractivity contribution in [2.24, 2.45) is 0 Å². The summed E-state index contributed by atoms with van der Waals surface area (Å²) in [5.41, 5.74) is 1.21. The molecule has 0 fully saturated rings. The molecule has 0 saturated carbocycles. The van der Waals surface area contributed by atoms with Crippen LogP contribution in [0.15, 0.2) is 11.4 Å². The minimum Gasteiger partial charge on any atom is -0.461 e. The van der Waals surface area contributed by atoms with E-state index in [1.54, 1.807) is 18.3 Å². The Bertz CT molecular complexity index is 628. The molecule has 0 saturated heterocycles. The first kappa shape index (κ1) is 13.9. The zero-order valence-electron chi connectivity index (χ0n) is 10.9. The summed E-state index contributed by atoms with van der Waals surface area (Å²) in [5, 5.41) is 2.66. The maximum Gasteiger partial charge on any atom is 0.358 e. The van der Waals surface area contributed by atoms with E-state index in [4.69, 9.17) is 4.74 Å². The summed E-state index contributed by atoms with van der Waals surface area (Å²) in [6, 6.07) is 1.98. The number of Topliss-reactive ketones (excluding diaryl/α,β-unsaturated/α-hetero) is 1. The van der Waals surface area contributed by atoms with E-state index in [1.807, 2.05) is 18.4 Å². The van der Waals surface area contributed by atoms with E-state index in [0.717, 1.165) is 10.4 Å². The van der Waals surface area contributed by atoms with Crippen molar-refractivity contribution in [2.75, 3.05) is 6.61 Å². The molecule has 0 aliphatic heterocycles. The molecule has 0 spiro atoms. The average Bonchev–Trinajstić information content (AvgIpc) is 2.94. The molecule has 19 heavy (non-hydrogen) atoms. The molecule has 0 aliphatic rings. The average molecular weight is 295 g/mol. The first-order valence-electron chi connectivity index (χ1n) is 5.78. The van der Waals surface area contributed by atoms with Crippen molar-refractivity contribution in [1.29, 1.82) is 0 Å². The number of ether oxygens (including phenoxy) is 1. The highest BCUT2D eigenvalue weighted by molar-refractivity contribution is 7.22. The van der Waals surface area contributed by atoms with Crippen LogP contribution in [0.5, 0.6) is 0 Å². The maximum atomic E-state index is 11.8. The Kier molecular flexibility index (Phi) is 4.11. The second-order valence-corrected chi connectivity index (χ2v) is 5.82. The highest BCUT2D eigenvalue weighted by Crippen LogP contribution is 2.34. The van der Waals surface area contributed by atoms with Gasteiger partial charge in [-0.25, -0.2) is 9.78 Å². The molecule has 2 aromatic heterocycles. The van der Waals surface area contributed by atoms with Crippen molar-refractivity contribution in [1.82, 2.24) is 4.98 Å². The highest BCUT2D eigenvalue weighted by Gasteiger charge is 2.23. The van der Waals surface area contributed by atoms with Crippen LogP contribution in [0, 0.1) is 6.92 Å². The van der Waals surface area contributed by atoms with Gasteiger partial charge in [0.25, 0.3) is 0 Å². The fourth-order valence-corrected chi connectivity index (χ4v) is 3.62. The van der Waals surface area contributed by atoms with Gasteiger partial charge in [0.05, 0.1) is 11.5 Å². The van der Waals surface area contributed by atoms with Gasteiger partial charge < -0.3 is 4.74 Å². The van der Waals surface area contributed by atoms with Gasteiger partial charge in [-0.2, -0.15) is 0 Å². The lowest BCUT2D eigenvalue weighted by Gasteiger charge is -1.98. The monoisotopic (exact) mass is 295 g/mol. The van der Waals surface area contributed by atoms with Gasteiger partial charge in [-0.15, -0.1) is 22.7 Å². The summed E-state index contributed by atoms with van der Waals surface area (Å²) in [4.78, 5) is 29.1. The fourth-order valence-electron chi connectivity index (χ4n) is 1.59. The molecule has 2 rings (SSSR count). The molecule has 0 N–H and O–H groups in total. The van der Waals surface area contributed by atoms with Gasteiger partial charge in [-0.3, -0.25) is 4.79 Å². The Labute approximate surface area is 119 Å². The molecule has 6 heteroatoms. The van der Waals surface area contributed by atoms with Crippen molar-refractivity contribution < 1.29 is 14.3 Å². The lowest BCUT2D eigenvalue weighted by Crippen LogP contribution is -2.09. The van der Waals surface area contributed by atoms with Crippen molar-refractivity contribution in [3.63, 3.8) is 0 Å². The largest absolute Gasteiger partial charge is 0.461 e. The molecule has 0 bridgehead atoms. The molecule has 0 aromatic carbocycles. The van der Waals surface area contributed by atoms with Crippen LogP contribution in [0.2, 0.25) is 0 Å². The quantitative estimate of drug-likeness (QED) is 0.639. The van der Waals surface area contributed by atoms with Crippen LogP contribution in [-0.4, -0.2) is 23.3 Å². The number of aryl methyl sites for hydroxylation is 1. The fraction of sp³-hybridized carbons (Fsp3) is 0.308. The number of ketones is 1. The van der Waals surface area contributed by atoms with Crippen molar-refractivity contribution >= 4 is 34.4 Å². The molecule has 0 radical (unpaired) electrons. The standard InChI is InChI=1S/C13H13NO3S2/c1-4-17-13(16)9-11(8(3)15)19-12(14-9)10-7(2)5-6-18-10/h5-6H,4H2,1-3H3. The number of carbonyl (C=O) groups excluding carboxylic acids is 2. The molecule has 2 heterocycles. The molecule has 0 amide bonds. The molecular formula is C13H13NO3S2. The van der Waals surface area contributed by atoms with Crippen LogP contribution in [0.4, 0.5) is 0 Å². The number of carbonyl (C=O) groups is 2. The first-order chi connectivity index (χ1) is 9.04. The number of hydrogen-bond donors (Lipinski definition) is 0. The number of nitrogens with zero attached hydrogens (tertiary/aromatic N) is 1. The van der Waals surface area contributed by atoms with Crippen LogP contribution in [0.1, 0.15) is 39.6 Å². The lowest BCUT2D eigenvalue weighted by molar-refractivity contribution is 0.0517. The molecular weight excluding hydrogens is 282 g/mol. The van der Waals surface area contributed by atoms with Gasteiger partial charge in [0.15, 0.2) is 11.5 Å². The van der Waals surface area contributed by atoms with Crippen LogP contribution < -0.4 is 0 Å². The zero-order valence-corrected chi connectivity index (χ0v) is 12.5. The van der Waals surface area contributed by atoms with Crippen molar-refractivity contribution in [3.05, 3.63) is 27.6 Å². The summed E-state index contributed by atoms with van der Waals surface area (Å²) >= 11 is 2.79. The Morgan fingerprint density at radius 3 is 2.68 bits per heavy atom. The van der Waals surface area contributed by atoms with E-state index < -0.39 is 5.97 Å². The Balaban J connectivity index is 2.49. The maximum absolute atomic E-state index is 11.8.